The highest BCUT2D eigenvalue weighted by molar-refractivity contribution is 5.87. The summed E-state index contributed by atoms with van der Waals surface area (Å²) in [5, 5.41) is 19.6. The van der Waals surface area contributed by atoms with E-state index < -0.39 is 36.4 Å². The molecule has 1 aliphatic heterocycles. The van der Waals surface area contributed by atoms with Crippen LogP contribution in [-0.4, -0.2) is 51.6 Å². The standard InChI is InChI=1S/C28H33F2NO4/c1-20(8-5-11-21-9-3-2-4-10-21)25(32)16-15-24-19-28(29,30)27(35)31(24)17-7-13-22-12-6-14-23(18-22)26(33)34/h2-4,6,9-10,12,14-16,18,20,24-25,32H,5,7-8,11,13,17,19H2,1H3,(H,33,34)/b16-15+/t20-,24?,25+/m0/s1. The second kappa shape index (κ2) is 12.1. The van der Waals surface area contributed by atoms with Gasteiger partial charge in [-0.25, -0.2) is 4.79 Å². The van der Waals surface area contributed by atoms with Crippen molar-refractivity contribution >= 4 is 11.9 Å². The maximum atomic E-state index is 14.2. The van der Waals surface area contributed by atoms with Crippen LogP contribution in [-0.2, 0) is 17.6 Å². The Hall–Kier alpha value is -3.06. The first kappa shape index (κ1) is 26.5. The van der Waals surface area contributed by atoms with E-state index in [-0.39, 0.29) is 18.0 Å². The molecule has 188 valence electrons. The molecule has 0 bridgehead atoms. The molecule has 0 aliphatic carbocycles. The zero-order chi connectivity index (χ0) is 25.4. The van der Waals surface area contributed by atoms with E-state index in [1.807, 2.05) is 25.1 Å². The van der Waals surface area contributed by atoms with Gasteiger partial charge in [-0.1, -0.05) is 61.5 Å². The molecule has 3 atom stereocenters. The number of nitrogens with zero attached hydrogens (tertiary/aromatic N) is 1. The van der Waals surface area contributed by atoms with Gasteiger partial charge in [-0.05, 0) is 61.3 Å². The van der Waals surface area contributed by atoms with Crippen molar-refractivity contribution in [3.8, 4) is 0 Å². The van der Waals surface area contributed by atoms with Gasteiger partial charge in [0.2, 0.25) is 0 Å². The highest BCUT2D eigenvalue weighted by Gasteiger charge is 2.52. The molecule has 35 heavy (non-hydrogen) atoms. The summed E-state index contributed by atoms with van der Waals surface area (Å²) in [6, 6.07) is 15.8. The third-order valence-corrected chi connectivity index (χ3v) is 6.56. The van der Waals surface area contributed by atoms with Gasteiger partial charge in [-0.3, -0.25) is 4.79 Å². The van der Waals surface area contributed by atoms with Crippen LogP contribution in [0.3, 0.4) is 0 Å². The number of amides is 1. The van der Waals surface area contributed by atoms with E-state index in [4.69, 9.17) is 5.11 Å². The van der Waals surface area contributed by atoms with Crippen molar-refractivity contribution in [1.29, 1.82) is 0 Å². The molecule has 1 amide bonds. The lowest BCUT2D eigenvalue weighted by atomic mass is 9.95. The zero-order valence-corrected chi connectivity index (χ0v) is 19.9. The number of aliphatic hydroxyl groups is 1. The van der Waals surface area contributed by atoms with E-state index in [1.165, 1.54) is 28.7 Å². The van der Waals surface area contributed by atoms with Crippen LogP contribution in [0.15, 0.2) is 66.7 Å². The van der Waals surface area contributed by atoms with Crippen LogP contribution in [0.25, 0.3) is 0 Å². The summed E-state index contributed by atoms with van der Waals surface area (Å²) in [6.45, 7) is 2.06. The van der Waals surface area contributed by atoms with Gasteiger partial charge in [0.25, 0.3) is 5.91 Å². The molecule has 1 aliphatic rings. The Morgan fingerprint density at radius 2 is 1.80 bits per heavy atom. The fraction of sp³-hybridized carbons (Fsp3) is 0.429. The van der Waals surface area contributed by atoms with Crippen molar-refractivity contribution in [3.63, 3.8) is 0 Å². The third kappa shape index (κ3) is 7.46. The van der Waals surface area contributed by atoms with Gasteiger partial charge in [-0.2, -0.15) is 8.78 Å². The quantitative estimate of drug-likeness (QED) is 0.409. The highest BCUT2D eigenvalue weighted by Crippen LogP contribution is 2.34. The van der Waals surface area contributed by atoms with Crippen LogP contribution >= 0.6 is 0 Å². The largest absolute Gasteiger partial charge is 0.478 e. The number of hydrogen-bond donors (Lipinski definition) is 2. The van der Waals surface area contributed by atoms with Gasteiger partial charge in [0.15, 0.2) is 0 Å². The molecule has 7 heteroatoms. The summed E-state index contributed by atoms with van der Waals surface area (Å²) >= 11 is 0. The number of carboxylic acids is 1. The Morgan fingerprint density at radius 3 is 2.51 bits per heavy atom. The van der Waals surface area contributed by atoms with Gasteiger partial charge < -0.3 is 15.1 Å². The number of carbonyl (C=O) groups is 2. The first-order valence-electron chi connectivity index (χ1n) is 12.1. The van der Waals surface area contributed by atoms with E-state index in [0.29, 0.717) is 12.8 Å². The Bertz CT molecular complexity index is 1020. The van der Waals surface area contributed by atoms with E-state index in [1.54, 1.807) is 18.2 Å². The Kier molecular flexibility index (Phi) is 9.15. The number of alkyl halides is 2. The van der Waals surface area contributed by atoms with E-state index in [9.17, 15) is 23.5 Å². The lowest BCUT2D eigenvalue weighted by Gasteiger charge is -2.22. The van der Waals surface area contributed by atoms with Crippen molar-refractivity contribution in [1.82, 2.24) is 4.90 Å². The molecule has 2 aromatic carbocycles. The van der Waals surface area contributed by atoms with Gasteiger partial charge in [0, 0.05) is 13.0 Å². The monoisotopic (exact) mass is 485 g/mol. The smallest absolute Gasteiger partial charge is 0.335 e. The predicted molar refractivity (Wildman–Crippen MR) is 130 cm³/mol. The summed E-state index contributed by atoms with van der Waals surface area (Å²) in [6.07, 6.45) is 5.18. The van der Waals surface area contributed by atoms with E-state index >= 15 is 0 Å². The maximum absolute atomic E-state index is 14.2. The predicted octanol–water partition coefficient (Wildman–Crippen LogP) is 5.13. The second-order valence-corrected chi connectivity index (χ2v) is 9.31. The molecule has 5 nitrogen and oxygen atoms in total. The van der Waals surface area contributed by atoms with Gasteiger partial charge >= 0.3 is 11.9 Å². The topological polar surface area (TPSA) is 77.8 Å². The van der Waals surface area contributed by atoms with Crippen LogP contribution in [0, 0.1) is 5.92 Å². The van der Waals surface area contributed by atoms with Gasteiger partial charge in [0.05, 0.1) is 17.7 Å². The molecule has 0 saturated carbocycles. The molecular weight excluding hydrogens is 452 g/mol. The van der Waals surface area contributed by atoms with Crippen LogP contribution in [0.4, 0.5) is 8.78 Å². The zero-order valence-electron chi connectivity index (χ0n) is 19.9. The summed E-state index contributed by atoms with van der Waals surface area (Å²) in [4.78, 5) is 24.6. The SMILES string of the molecule is C[C@@H](CCCc1ccccc1)[C@H](O)/C=C/C1CC(F)(F)C(=O)N1CCCc1cccc(C(=O)O)c1. The Balaban J connectivity index is 1.53. The summed E-state index contributed by atoms with van der Waals surface area (Å²) in [5.74, 6) is -5.69. The molecule has 0 radical (unpaired) electrons. The summed E-state index contributed by atoms with van der Waals surface area (Å²) in [5.41, 5.74) is 2.18. The number of rotatable bonds is 12. The van der Waals surface area contributed by atoms with Crippen LogP contribution in [0.5, 0.6) is 0 Å². The summed E-state index contributed by atoms with van der Waals surface area (Å²) in [7, 11) is 0. The molecule has 0 aromatic heterocycles. The van der Waals surface area contributed by atoms with Crippen LogP contribution < -0.4 is 0 Å². The average Bonchev–Trinajstić information content (AvgIpc) is 3.06. The molecule has 1 unspecified atom stereocenters. The molecule has 1 fully saturated rings. The first-order valence-corrected chi connectivity index (χ1v) is 12.1. The minimum atomic E-state index is -3.43. The summed E-state index contributed by atoms with van der Waals surface area (Å²) < 4.78 is 28.4. The molecule has 2 N–H and O–H groups in total. The lowest BCUT2D eigenvalue weighted by Crippen LogP contribution is -2.37. The fourth-order valence-corrected chi connectivity index (χ4v) is 4.45. The van der Waals surface area contributed by atoms with Crippen molar-refractivity contribution in [2.24, 2.45) is 5.92 Å². The molecule has 2 aromatic rings. The third-order valence-electron chi connectivity index (χ3n) is 6.56. The number of carboxylic acid groups (broad SMARTS) is 1. The Labute approximate surface area is 205 Å². The van der Waals surface area contributed by atoms with Crippen molar-refractivity contribution in [2.45, 2.75) is 63.5 Å². The molecular formula is C28H33F2NO4. The van der Waals surface area contributed by atoms with Gasteiger partial charge in [0.1, 0.15) is 0 Å². The van der Waals surface area contributed by atoms with Crippen LogP contribution in [0.2, 0.25) is 0 Å². The minimum absolute atomic E-state index is 0.0393. The lowest BCUT2D eigenvalue weighted by molar-refractivity contribution is -0.148. The number of hydrogen-bond acceptors (Lipinski definition) is 3. The number of aliphatic hydroxyl groups excluding tert-OH is 1. The second-order valence-electron chi connectivity index (χ2n) is 9.31. The number of aromatic carboxylic acids is 1. The first-order chi connectivity index (χ1) is 16.7. The average molecular weight is 486 g/mol. The number of aryl methyl sites for hydroxylation is 2. The number of likely N-dealkylation sites (tertiary alicyclic amines) is 1. The van der Waals surface area contributed by atoms with Gasteiger partial charge in [-0.15, -0.1) is 0 Å². The fourth-order valence-electron chi connectivity index (χ4n) is 4.45. The number of carbonyl (C=O) groups excluding carboxylic acids is 1. The van der Waals surface area contributed by atoms with Crippen molar-refractivity contribution < 1.29 is 28.6 Å². The van der Waals surface area contributed by atoms with E-state index in [0.717, 1.165) is 24.8 Å². The van der Waals surface area contributed by atoms with Crippen molar-refractivity contribution in [2.75, 3.05) is 6.54 Å². The minimum Gasteiger partial charge on any atom is -0.478 e. The Morgan fingerprint density at radius 1 is 1.11 bits per heavy atom. The van der Waals surface area contributed by atoms with Crippen molar-refractivity contribution in [3.05, 3.63) is 83.4 Å². The van der Waals surface area contributed by atoms with Crippen LogP contribution in [0.1, 0.15) is 54.1 Å². The number of benzene rings is 2. The molecule has 0 spiro atoms. The van der Waals surface area contributed by atoms with E-state index in [2.05, 4.69) is 12.1 Å². The number of halogens is 2. The maximum Gasteiger partial charge on any atom is 0.335 e. The molecule has 1 heterocycles. The molecule has 1 saturated heterocycles. The molecule has 3 rings (SSSR count). The highest BCUT2D eigenvalue weighted by atomic mass is 19.3. The normalized spacial score (nSPS) is 19.3.